The molecule has 0 aromatic carbocycles. The van der Waals surface area contributed by atoms with Crippen LogP contribution in [0.3, 0.4) is 0 Å². The third kappa shape index (κ3) is 6.62. The lowest BCUT2D eigenvalue weighted by molar-refractivity contribution is 0.0870. The highest BCUT2D eigenvalue weighted by Crippen LogP contribution is 2.19. The molecule has 0 aliphatic heterocycles. The van der Waals surface area contributed by atoms with Crippen molar-refractivity contribution in [3.05, 3.63) is 35.0 Å². The minimum absolute atomic E-state index is 0.175. The molecule has 2 aromatic rings. The molecule has 0 bridgehead atoms. The summed E-state index contributed by atoms with van der Waals surface area (Å²) in [5.41, 5.74) is 1.52. The maximum atomic E-state index is 12.6. The zero-order chi connectivity index (χ0) is 22.1. The number of aromatic nitrogens is 2. The third-order valence-electron chi connectivity index (χ3n) is 5.25. The molecule has 30 heavy (non-hydrogen) atoms. The van der Waals surface area contributed by atoms with Crippen LogP contribution in [-0.4, -0.2) is 46.7 Å². The van der Waals surface area contributed by atoms with Crippen molar-refractivity contribution < 1.29 is 18.6 Å². The van der Waals surface area contributed by atoms with Gasteiger partial charge in [0.1, 0.15) is 0 Å². The summed E-state index contributed by atoms with van der Waals surface area (Å²) >= 11 is 1.68. The smallest absolute Gasteiger partial charge is 0.290 e. The summed E-state index contributed by atoms with van der Waals surface area (Å²) in [6, 6.07) is 3.10. The Morgan fingerprint density at radius 2 is 1.53 bits per heavy atom. The van der Waals surface area contributed by atoms with Crippen molar-refractivity contribution in [2.75, 3.05) is 18.6 Å². The average molecular weight is 437 g/mol. The van der Waals surface area contributed by atoms with E-state index in [0.717, 1.165) is 30.0 Å². The van der Waals surface area contributed by atoms with Crippen LogP contribution in [0.1, 0.15) is 91.3 Å². The molecule has 2 amide bonds. The second-order valence-corrected chi connectivity index (χ2v) is 8.50. The fourth-order valence-corrected chi connectivity index (χ4v) is 3.24. The Bertz CT molecular complexity index is 820. The quantitative estimate of drug-likeness (QED) is 0.518. The van der Waals surface area contributed by atoms with Gasteiger partial charge in [0.05, 0.1) is 11.4 Å². The van der Waals surface area contributed by atoms with Crippen molar-refractivity contribution in [2.45, 2.75) is 64.8 Å². The van der Waals surface area contributed by atoms with E-state index < -0.39 is 0 Å². The van der Waals surface area contributed by atoms with Gasteiger partial charge in [0.2, 0.25) is 11.5 Å². The summed E-state index contributed by atoms with van der Waals surface area (Å²) in [5.74, 6) is 0.967. The number of nitrogens with one attached hydrogen (secondary N) is 2. The first-order chi connectivity index (χ1) is 14.4. The van der Waals surface area contributed by atoms with Crippen molar-refractivity contribution in [1.82, 2.24) is 20.9 Å². The lowest BCUT2D eigenvalue weighted by Crippen LogP contribution is -2.44. The largest absolute Gasteiger partial charge is 0.351 e. The Kier molecular flexibility index (Phi) is 9.42. The van der Waals surface area contributed by atoms with Gasteiger partial charge in [-0.05, 0) is 31.3 Å². The molecule has 166 valence electrons. The number of carbonyl (C=O) groups is 2. The molecular weight excluding hydrogens is 404 g/mol. The van der Waals surface area contributed by atoms with E-state index in [9.17, 15) is 9.59 Å². The van der Waals surface area contributed by atoms with Crippen LogP contribution in [0.5, 0.6) is 0 Å². The molecule has 0 radical (unpaired) electrons. The molecule has 8 nitrogen and oxygen atoms in total. The zero-order valence-corrected chi connectivity index (χ0v) is 19.2. The van der Waals surface area contributed by atoms with Gasteiger partial charge < -0.3 is 19.7 Å². The Labute approximate surface area is 181 Å². The maximum Gasteiger partial charge on any atom is 0.290 e. The molecule has 3 atom stereocenters. The van der Waals surface area contributed by atoms with Crippen molar-refractivity contribution in [3.8, 4) is 0 Å². The number of hydrogen-bond acceptors (Lipinski definition) is 7. The van der Waals surface area contributed by atoms with Gasteiger partial charge in [-0.2, -0.15) is 11.8 Å². The molecule has 0 saturated carbocycles. The topological polar surface area (TPSA) is 110 Å². The normalized spacial score (nSPS) is 14.2. The van der Waals surface area contributed by atoms with Gasteiger partial charge in [-0.15, -0.1) is 0 Å². The van der Waals surface area contributed by atoms with Crippen LogP contribution in [0.15, 0.2) is 21.2 Å². The summed E-state index contributed by atoms with van der Waals surface area (Å²) in [6.07, 6.45) is 4.53. The van der Waals surface area contributed by atoms with Crippen LogP contribution in [0.25, 0.3) is 0 Å². The monoisotopic (exact) mass is 436 g/mol. The summed E-state index contributed by atoms with van der Waals surface area (Å²) in [7, 11) is 0. The van der Waals surface area contributed by atoms with Crippen LogP contribution >= 0.6 is 11.8 Å². The number of rotatable bonds is 12. The lowest BCUT2D eigenvalue weighted by Gasteiger charge is -2.17. The molecule has 9 heteroatoms. The molecule has 2 N–H and O–H groups in total. The second-order valence-electron chi connectivity index (χ2n) is 7.51. The Balaban J connectivity index is 1.96. The molecule has 0 aliphatic carbocycles. The van der Waals surface area contributed by atoms with Crippen molar-refractivity contribution >= 4 is 23.6 Å². The van der Waals surface area contributed by atoms with E-state index in [1.165, 1.54) is 0 Å². The zero-order valence-electron chi connectivity index (χ0n) is 18.4. The number of hydrogen-bond donors (Lipinski definition) is 2. The minimum Gasteiger partial charge on any atom is -0.351 e. The van der Waals surface area contributed by atoms with Crippen molar-refractivity contribution in [3.63, 3.8) is 0 Å². The first kappa shape index (κ1) is 24.0. The average Bonchev–Trinajstić information content (AvgIpc) is 3.44. The Hall–Kier alpha value is -2.29. The first-order valence-corrected chi connectivity index (χ1v) is 11.8. The van der Waals surface area contributed by atoms with Crippen LogP contribution in [-0.2, 0) is 0 Å². The first-order valence-electron chi connectivity index (χ1n) is 10.4. The van der Waals surface area contributed by atoms with E-state index in [2.05, 4.69) is 34.8 Å². The third-order valence-corrected chi connectivity index (χ3v) is 5.90. The fourth-order valence-electron chi connectivity index (χ4n) is 2.72. The van der Waals surface area contributed by atoms with Crippen molar-refractivity contribution in [2.24, 2.45) is 0 Å². The molecule has 0 aliphatic rings. The number of nitrogens with zero attached hydrogens (tertiary/aromatic N) is 2. The van der Waals surface area contributed by atoms with Gasteiger partial charge in [-0.25, -0.2) is 0 Å². The number of carbonyl (C=O) groups excluding carboxylic acids is 2. The summed E-state index contributed by atoms with van der Waals surface area (Å²) in [6.45, 7) is 8.45. The van der Waals surface area contributed by atoms with Gasteiger partial charge in [-0.3, -0.25) is 9.59 Å². The molecule has 0 saturated heterocycles. The van der Waals surface area contributed by atoms with Crippen LogP contribution in [0.2, 0.25) is 0 Å². The summed E-state index contributed by atoms with van der Waals surface area (Å²) in [5, 5.41) is 13.7. The van der Waals surface area contributed by atoms with Gasteiger partial charge in [-0.1, -0.05) is 38.0 Å². The lowest BCUT2D eigenvalue weighted by atomic mass is 10.1. The van der Waals surface area contributed by atoms with Crippen LogP contribution in [0, 0.1) is 0 Å². The molecule has 0 spiro atoms. The van der Waals surface area contributed by atoms with Gasteiger partial charge in [0.15, 0.2) is 0 Å². The van der Waals surface area contributed by atoms with E-state index in [0.29, 0.717) is 6.42 Å². The predicted molar refractivity (Wildman–Crippen MR) is 117 cm³/mol. The molecule has 0 unspecified atom stereocenters. The SMILES string of the molecule is CC[C@H](C)c1cc(C(=O)NC[C@@H](CCSC)NC(=O)c2cc([C@@H](C)CC)no2)on1. The fraction of sp³-hybridized carbons (Fsp3) is 0.619. The standard InChI is InChI=1S/C21H32N4O4S/c1-6-13(3)16-10-18(28-24-16)20(26)22-12-15(8-9-30-5)23-21(27)19-11-17(25-29-19)14(4)7-2/h10-11,13-15H,6-9,12H2,1-5H3,(H,22,26)(H,23,27)/t13-,14-,15+/m0/s1. The van der Waals surface area contributed by atoms with Crippen LogP contribution < -0.4 is 10.6 Å². The van der Waals surface area contributed by atoms with Crippen LogP contribution in [0.4, 0.5) is 0 Å². The number of thioether (sulfide) groups is 1. The highest BCUT2D eigenvalue weighted by molar-refractivity contribution is 7.98. The summed E-state index contributed by atoms with van der Waals surface area (Å²) in [4.78, 5) is 25.0. The maximum absolute atomic E-state index is 12.6. The van der Waals surface area contributed by atoms with E-state index in [1.54, 1.807) is 23.9 Å². The van der Waals surface area contributed by atoms with E-state index in [-0.39, 0.29) is 47.8 Å². The molecular formula is C21H32N4O4S. The number of amides is 2. The summed E-state index contributed by atoms with van der Waals surface area (Å²) < 4.78 is 10.4. The highest BCUT2D eigenvalue weighted by atomic mass is 32.2. The van der Waals surface area contributed by atoms with Gasteiger partial charge in [0, 0.05) is 36.6 Å². The second kappa shape index (κ2) is 11.8. The highest BCUT2D eigenvalue weighted by Gasteiger charge is 2.21. The van der Waals surface area contributed by atoms with E-state index >= 15 is 0 Å². The molecule has 2 aromatic heterocycles. The minimum atomic E-state index is -0.348. The van der Waals surface area contributed by atoms with E-state index in [4.69, 9.17) is 9.05 Å². The van der Waals surface area contributed by atoms with Gasteiger partial charge >= 0.3 is 0 Å². The van der Waals surface area contributed by atoms with Crippen molar-refractivity contribution in [1.29, 1.82) is 0 Å². The van der Waals surface area contributed by atoms with Gasteiger partial charge in [0.25, 0.3) is 11.8 Å². The Morgan fingerprint density at radius 1 is 1.00 bits per heavy atom. The molecule has 2 rings (SSSR count). The predicted octanol–water partition coefficient (Wildman–Crippen LogP) is 3.97. The van der Waals surface area contributed by atoms with E-state index in [1.807, 2.05) is 20.1 Å². The molecule has 0 fully saturated rings. The Morgan fingerprint density at radius 3 is 2.03 bits per heavy atom. The molecule has 2 heterocycles.